The molecular weight excluding hydrogens is 677 g/mol. The highest BCUT2D eigenvalue weighted by Crippen LogP contribution is 2.58. The average Bonchev–Trinajstić information content (AvgIpc) is 3.81. The van der Waals surface area contributed by atoms with Crippen LogP contribution in [0.5, 0.6) is 0 Å². The molecular formula is C55H34O. The minimum absolute atomic E-state index is 0.494. The van der Waals surface area contributed by atoms with Gasteiger partial charge in [0.1, 0.15) is 11.2 Å². The average molecular weight is 711 g/mol. The van der Waals surface area contributed by atoms with Crippen molar-refractivity contribution in [2.75, 3.05) is 0 Å². The van der Waals surface area contributed by atoms with E-state index < -0.39 is 5.41 Å². The first-order valence-electron chi connectivity index (χ1n) is 19.4. The summed E-state index contributed by atoms with van der Waals surface area (Å²) in [5, 5.41) is 9.91. The van der Waals surface area contributed by atoms with E-state index in [0.29, 0.717) is 0 Å². The van der Waals surface area contributed by atoms with Gasteiger partial charge in [0.05, 0.1) is 5.41 Å². The summed E-state index contributed by atoms with van der Waals surface area (Å²) in [6, 6.07) is 75.7. The number of hydrogen-bond donors (Lipinski definition) is 0. The predicted octanol–water partition coefficient (Wildman–Crippen LogP) is 14.7. The lowest BCUT2D eigenvalue weighted by Crippen LogP contribution is -2.28. The van der Waals surface area contributed by atoms with Crippen molar-refractivity contribution in [3.63, 3.8) is 0 Å². The minimum Gasteiger partial charge on any atom is -0.456 e. The maximum absolute atomic E-state index is 6.75. The van der Waals surface area contributed by atoms with Crippen molar-refractivity contribution in [2.24, 2.45) is 0 Å². The van der Waals surface area contributed by atoms with Gasteiger partial charge in [-0.1, -0.05) is 188 Å². The monoisotopic (exact) mass is 710 g/mol. The van der Waals surface area contributed by atoms with Gasteiger partial charge in [0, 0.05) is 10.8 Å². The smallest absolute Gasteiger partial charge is 0.136 e. The Morgan fingerprint density at radius 2 is 0.786 bits per heavy atom. The van der Waals surface area contributed by atoms with E-state index in [-0.39, 0.29) is 0 Å². The zero-order valence-corrected chi connectivity index (χ0v) is 30.5. The van der Waals surface area contributed by atoms with Crippen molar-refractivity contribution >= 4 is 54.3 Å². The molecule has 1 heterocycles. The van der Waals surface area contributed by atoms with Crippen LogP contribution in [0.1, 0.15) is 22.3 Å². The number of fused-ring (bicyclic) bond motifs is 3. The highest BCUT2D eigenvalue weighted by atomic mass is 16.3. The van der Waals surface area contributed by atoms with Gasteiger partial charge in [-0.2, -0.15) is 0 Å². The summed E-state index contributed by atoms with van der Waals surface area (Å²) in [5.74, 6) is 0. The van der Waals surface area contributed by atoms with Crippen LogP contribution in [0.25, 0.3) is 87.6 Å². The highest BCUT2D eigenvalue weighted by molar-refractivity contribution is 6.24. The Kier molecular flexibility index (Phi) is 6.62. The molecule has 0 spiro atoms. The second-order valence-electron chi connectivity index (χ2n) is 15.1. The van der Waals surface area contributed by atoms with Crippen LogP contribution >= 0.6 is 0 Å². The summed E-state index contributed by atoms with van der Waals surface area (Å²) >= 11 is 0. The van der Waals surface area contributed by atoms with Gasteiger partial charge >= 0.3 is 0 Å². The molecule has 0 N–H and O–H groups in total. The molecule has 0 atom stereocenters. The number of hydrogen-bond acceptors (Lipinski definition) is 1. The Labute approximate surface area is 324 Å². The molecule has 260 valence electrons. The van der Waals surface area contributed by atoms with Crippen LogP contribution in [0.4, 0.5) is 0 Å². The van der Waals surface area contributed by atoms with Gasteiger partial charge in [0.25, 0.3) is 0 Å². The second kappa shape index (κ2) is 11.9. The second-order valence-corrected chi connectivity index (χ2v) is 15.1. The van der Waals surface area contributed by atoms with Gasteiger partial charge in [0.15, 0.2) is 0 Å². The molecule has 0 aliphatic heterocycles. The molecule has 56 heavy (non-hydrogen) atoms. The third kappa shape index (κ3) is 4.20. The van der Waals surface area contributed by atoms with Gasteiger partial charge in [-0.15, -0.1) is 0 Å². The topological polar surface area (TPSA) is 13.1 Å². The van der Waals surface area contributed by atoms with Gasteiger partial charge in [0.2, 0.25) is 0 Å². The van der Waals surface area contributed by atoms with Gasteiger partial charge in [-0.3, -0.25) is 0 Å². The van der Waals surface area contributed by atoms with Crippen LogP contribution < -0.4 is 0 Å². The maximum Gasteiger partial charge on any atom is 0.136 e. The van der Waals surface area contributed by atoms with Crippen molar-refractivity contribution in [1.29, 1.82) is 0 Å². The van der Waals surface area contributed by atoms with Crippen LogP contribution in [0.15, 0.2) is 211 Å². The lowest BCUT2D eigenvalue weighted by molar-refractivity contribution is 0.664. The van der Waals surface area contributed by atoms with Crippen LogP contribution in [-0.4, -0.2) is 0 Å². The fourth-order valence-corrected chi connectivity index (χ4v) is 10.1. The molecule has 0 unspecified atom stereocenters. The molecule has 1 heteroatoms. The summed E-state index contributed by atoms with van der Waals surface area (Å²) in [7, 11) is 0. The van der Waals surface area contributed by atoms with Crippen molar-refractivity contribution in [1.82, 2.24) is 0 Å². The molecule has 0 saturated heterocycles. The molecule has 1 aliphatic rings. The SMILES string of the molecule is c1ccc(-c2c3ccccc3c(-c3cccc4c(-c5cc6c7c(c5)oc5cccc(c57)C6(c5ccccc5)c5ccccc5)cccc34)c3ccccc23)cc1. The summed E-state index contributed by atoms with van der Waals surface area (Å²) < 4.78 is 6.75. The minimum atomic E-state index is -0.494. The zero-order chi connectivity index (χ0) is 36.8. The normalized spacial score (nSPS) is 13.1. The van der Waals surface area contributed by atoms with Crippen molar-refractivity contribution in [3.8, 4) is 33.4 Å². The lowest BCUT2D eigenvalue weighted by atomic mass is 9.67. The van der Waals surface area contributed by atoms with E-state index in [1.165, 1.54) is 93.2 Å². The van der Waals surface area contributed by atoms with Crippen molar-refractivity contribution in [3.05, 3.63) is 229 Å². The van der Waals surface area contributed by atoms with Crippen LogP contribution in [0.3, 0.4) is 0 Å². The standard InChI is InChI=1S/C55H34O/c1-4-17-35(18-5-1)51-43-23-10-12-25-45(43)52(46-26-13-11-24-44(46)51)42-30-15-28-40-39(27-14-29-41(40)42)36-33-48-54-50(34-36)56-49-32-16-31-47(53(49)54)55(48,37-19-6-2-7-20-37)38-21-8-3-9-22-38/h1-34H. The largest absolute Gasteiger partial charge is 0.456 e. The van der Waals surface area contributed by atoms with Gasteiger partial charge in [-0.05, 0) is 106 Å². The maximum atomic E-state index is 6.75. The predicted molar refractivity (Wildman–Crippen MR) is 234 cm³/mol. The fourth-order valence-electron chi connectivity index (χ4n) is 10.1. The molecule has 11 aromatic rings. The van der Waals surface area contributed by atoms with Crippen LogP contribution in [0, 0.1) is 0 Å². The summed E-state index contributed by atoms with van der Waals surface area (Å²) in [4.78, 5) is 0. The first kappa shape index (κ1) is 31.2. The van der Waals surface area contributed by atoms with Crippen LogP contribution in [0.2, 0.25) is 0 Å². The Balaban J connectivity index is 1.14. The van der Waals surface area contributed by atoms with Gasteiger partial charge < -0.3 is 4.42 Å². The van der Waals surface area contributed by atoms with E-state index in [9.17, 15) is 0 Å². The molecule has 10 aromatic carbocycles. The number of furan rings is 1. The highest BCUT2D eigenvalue weighted by Gasteiger charge is 2.46. The van der Waals surface area contributed by atoms with E-state index >= 15 is 0 Å². The third-order valence-electron chi connectivity index (χ3n) is 12.3. The summed E-state index contributed by atoms with van der Waals surface area (Å²) in [6.07, 6.45) is 0. The molecule has 0 radical (unpaired) electrons. The van der Waals surface area contributed by atoms with E-state index in [1.54, 1.807) is 0 Å². The summed E-state index contributed by atoms with van der Waals surface area (Å²) in [6.45, 7) is 0. The lowest BCUT2D eigenvalue weighted by Gasteiger charge is -2.34. The molecule has 0 saturated carbocycles. The molecule has 0 bridgehead atoms. The Morgan fingerprint density at radius 3 is 1.41 bits per heavy atom. The number of rotatable bonds is 5. The summed E-state index contributed by atoms with van der Waals surface area (Å²) in [5.41, 5.74) is 13.8. The molecule has 12 rings (SSSR count). The van der Waals surface area contributed by atoms with Crippen molar-refractivity contribution < 1.29 is 4.42 Å². The molecule has 0 amide bonds. The zero-order valence-electron chi connectivity index (χ0n) is 30.5. The third-order valence-corrected chi connectivity index (χ3v) is 12.3. The van der Waals surface area contributed by atoms with Crippen molar-refractivity contribution in [2.45, 2.75) is 5.41 Å². The molecule has 1 nitrogen and oxygen atoms in total. The molecule has 1 aliphatic carbocycles. The van der Waals surface area contributed by atoms with E-state index in [4.69, 9.17) is 4.42 Å². The quantitative estimate of drug-likeness (QED) is 0.162. The van der Waals surface area contributed by atoms with E-state index in [2.05, 4.69) is 206 Å². The number of benzene rings is 10. The Morgan fingerprint density at radius 1 is 0.304 bits per heavy atom. The van der Waals surface area contributed by atoms with E-state index in [1.807, 2.05) is 0 Å². The fraction of sp³-hybridized carbons (Fsp3) is 0.0182. The van der Waals surface area contributed by atoms with Gasteiger partial charge in [-0.25, -0.2) is 0 Å². The molecule has 0 fully saturated rings. The Bertz CT molecular complexity index is 3240. The van der Waals surface area contributed by atoms with Crippen LogP contribution in [-0.2, 0) is 5.41 Å². The first-order valence-corrected chi connectivity index (χ1v) is 19.4. The van der Waals surface area contributed by atoms with E-state index in [0.717, 1.165) is 16.7 Å². The first-order chi connectivity index (χ1) is 27.8. The molecule has 1 aromatic heterocycles. The Hall–Kier alpha value is -7.22.